The first-order chi connectivity index (χ1) is 10.9. The summed E-state index contributed by atoms with van der Waals surface area (Å²) in [5.41, 5.74) is 5.30. The summed E-state index contributed by atoms with van der Waals surface area (Å²) < 4.78 is 41.0. The van der Waals surface area contributed by atoms with E-state index >= 15 is 0 Å². The van der Waals surface area contributed by atoms with Gasteiger partial charge in [-0.25, -0.2) is 4.57 Å². The standard InChI is InChI=1S/C10H23NO11P2/c1-7(11)10(14)22-9(5-19-23(2,15)16)6-21-24(17,18)20-4-8(13)3-12/h7-9,12-13H,3-6,11H2,1-2H3,(H,15,16)(H,17,18)/t7-,8?,9?/m1/s1. The summed E-state index contributed by atoms with van der Waals surface area (Å²) in [6.45, 7) is -0.442. The fourth-order valence-electron chi connectivity index (χ4n) is 1.06. The van der Waals surface area contributed by atoms with Gasteiger partial charge in [0.1, 0.15) is 18.2 Å². The van der Waals surface area contributed by atoms with Crippen molar-refractivity contribution in [3.05, 3.63) is 0 Å². The summed E-state index contributed by atoms with van der Waals surface area (Å²) in [6, 6.07) is -1.01. The Bertz CT molecular complexity index is 479. The minimum Gasteiger partial charge on any atom is -0.456 e. The number of rotatable bonds is 12. The molecule has 24 heavy (non-hydrogen) atoms. The minimum atomic E-state index is -4.63. The third-order valence-corrected chi connectivity index (χ3v) is 3.80. The van der Waals surface area contributed by atoms with Crippen molar-refractivity contribution in [2.45, 2.75) is 25.2 Å². The van der Waals surface area contributed by atoms with E-state index in [-0.39, 0.29) is 0 Å². The first kappa shape index (κ1) is 23.6. The van der Waals surface area contributed by atoms with Gasteiger partial charge in [0, 0.05) is 6.66 Å². The van der Waals surface area contributed by atoms with E-state index in [0.717, 1.165) is 6.66 Å². The average Bonchev–Trinajstić information content (AvgIpc) is 2.46. The highest BCUT2D eigenvalue weighted by molar-refractivity contribution is 7.51. The normalized spacial score (nSPS) is 20.5. The second kappa shape index (κ2) is 10.6. The number of phosphoric ester groups is 1. The van der Waals surface area contributed by atoms with E-state index in [4.69, 9.17) is 25.6 Å². The Hall–Kier alpha value is -0.390. The molecule has 0 spiro atoms. The lowest BCUT2D eigenvalue weighted by atomic mass is 10.3. The summed E-state index contributed by atoms with van der Waals surface area (Å²) in [5.74, 6) is -0.888. The van der Waals surface area contributed by atoms with Crippen LogP contribution in [0.5, 0.6) is 0 Å². The molecule has 0 aliphatic rings. The van der Waals surface area contributed by atoms with Crippen LogP contribution in [0.15, 0.2) is 0 Å². The zero-order valence-corrected chi connectivity index (χ0v) is 15.0. The number of hydrogen-bond donors (Lipinski definition) is 5. The Kier molecular flexibility index (Phi) is 10.4. The molecule has 0 fully saturated rings. The van der Waals surface area contributed by atoms with E-state index in [2.05, 4.69) is 13.6 Å². The zero-order chi connectivity index (χ0) is 19.0. The van der Waals surface area contributed by atoms with Gasteiger partial charge in [-0.15, -0.1) is 0 Å². The summed E-state index contributed by atoms with van der Waals surface area (Å²) in [5, 5.41) is 17.6. The van der Waals surface area contributed by atoms with Crippen molar-refractivity contribution >= 4 is 21.4 Å². The van der Waals surface area contributed by atoms with Gasteiger partial charge < -0.3 is 35.0 Å². The van der Waals surface area contributed by atoms with Crippen LogP contribution in [-0.4, -0.2) is 77.3 Å². The van der Waals surface area contributed by atoms with Crippen molar-refractivity contribution in [3.63, 3.8) is 0 Å². The van der Waals surface area contributed by atoms with Gasteiger partial charge in [0.2, 0.25) is 0 Å². The van der Waals surface area contributed by atoms with Crippen molar-refractivity contribution in [1.29, 1.82) is 0 Å². The molecule has 0 saturated heterocycles. The van der Waals surface area contributed by atoms with Crippen molar-refractivity contribution in [3.8, 4) is 0 Å². The van der Waals surface area contributed by atoms with Gasteiger partial charge >= 0.3 is 21.4 Å². The zero-order valence-electron chi connectivity index (χ0n) is 13.2. The van der Waals surface area contributed by atoms with Crippen LogP contribution < -0.4 is 5.73 Å². The molecule has 0 amide bonds. The number of phosphoric acid groups is 1. The fourth-order valence-corrected chi connectivity index (χ4v) is 2.29. The lowest BCUT2D eigenvalue weighted by molar-refractivity contribution is -0.154. The lowest BCUT2D eigenvalue weighted by Crippen LogP contribution is -2.36. The predicted octanol–water partition coefficient (Wildman–Crippen LogP) is -1.44. The number of nitrogens with two attached hydrogens (primary N) is 1. The van der Waals surface area contributed by atoms with Crippen LogP contribution in [0, 0.1) is 0 Å². The number of carbonyl (C=O) groups is 1. The molecule has 14 heteroatoms. The summed E-state index contributed by atoms with van der Waals surface area (Å²) in [4.78, 5) is 29.9. The topological polar surface area (TPSA) is 195 Å². The number of carbonyl (C=O) groups excluding carboxylic acids is 1. The van der Waals surface area contributed by atoms with E-state index in [0.29, 0.717) is 0 Å². The molecule has 0 heterocycles. The van der Waals surface area contributed by atoms with Crippen LogP contribution >= 0.6 is 15.4 Å². The van der Waals surface area contributed by atoms with Gasteiger partial charge in [-0.1, -0.05) is 0 Å². The molecular weight excluding hydrogens is 372 g/mol. The molecule has 12 nitrogen and oxygen atoms in total. The molecule has 0 radical (unpaired) electrons. The summed E-state index contributed by atoms with van der Waals surface area (Å²) in [7, 11) is -8.51. The number of hydrogen-bond acceptors (Lipinski definition) is 10. The van der Waals surface area contributed by atoms with Crippen LogP contribution in [0.2, 0.25) is 0 Å². The predicted molar refractivity (Wildman–Crippen MR) is 80.1 cm³/mol. The van der Waals surface area contributed by atoms with Gasteiger partial charge in [0.05, 0.1) is 26.4 Å². The molecule has 0 rings (SSSR count). The van der Waals surface area contributed by atoms with Crippen molar-refractivity contribution in [2.24, 2.45) is 5.73 Å². The molecule has 6 N–H and O–H groups in total. The van der Waals surface area contributed by atoms with Crippen molar-refractivity contribution in [1.82, 2.24) is 0 Å². The molecule has 0 aromatic heterocycles. The third-order valence-electron chi connectivity index (χ3n) is 2.22. The highest BCUT2D eigenvalue weighted by Crippen LogP contribution is 2.43. The Morgan fingerprint density at radius 2 is 1.62 bits per heavy atom. The Morgan fingerprint density at radius 1 is 1.12 bits per heavy atom. The van der Waals surface area contributed by atoms with E-state index in [1.807, 2.05) is 0 Å². The number of esters is 1. The first-order valence-corrected chi connectivity index (χ1v) is 10.2. The maximum atomic E-state index is 11.6. The van der Waals surface area contributed by atoms with Crippen LogP contribution in [0.3, 0.4) is 0 Å². The first-order valence-electron chi connectivity index (χ1n) is 6.68. The quantitative estimate of drug-likeness (QED) is 0.191. The van der Waals surface area contributed by atoms with Crippen LogP contribution in [0.4, 0.5) is 0 Å². The molecule has 4 unspecified atom stereocenters. The van der Waals surface area contributed by atoms with E-state index in [1.54, 1.807) is 0 Å². The maximum Gasteiger partial charge on any atom is 0.472 e. The monoisotopic (exact) mass is 395 g/mol. The highest BCUT2D eigenvalue weighted by atomic mass is 31.2. The molecule has 0 saturated carbocycles. The van der Waals surface area contributed by atoms with Gasteiger partial charge in [-0.3, -0.25) is 18.4 Å². The smallest absolute Gasteiger partial charge is 0.456 e. The van der Waals surface area contributed by atoms with Gasteiger partial charge in [-0.2, -0.15) is 0 Å². The molecule has 0 aliphatic heterocycles. The van der Waals surface area contributed by atoms with Gasteiger partial charge in [0.25, 0.3) is 0 Å². The van der Waals surface area contributed by atoms with Gasteiger partial charge in [0.15, 0.2) is 0 Å². The molecule has 0 aromatic carbocycles. The molecule has 0 aromatic rings. The molecule has 0 aliphatic carbocycles. The van der Waals surface area contributed by atoms with Crippen molar-refractivity contribution in [2.75, 3.05) is 33.1 Å². The highest BCUT2D eigenvalue weighted by Gasteiger charge is 2.28. The lowest BCUT2D eigenvalue weighted by Gasteiger charge is -2.21. The second-order valence-corrected chi connectivity index (χ2v) is 8.16. The van der Waals surface area contributed by atoms with Crippen LogP contribution in [-0.2, 0) is 32.2 Å². The van der Waals surface area contributed by atoms with Gasteiger partial charge in [-0.05, 0) is 6.92 Å². The Labute approximate surface area is 138 Å². The largest absolute Gasteiger partial charge is 0.472 e. The average molecular weight is 395 g/mol. The molecule has 0 bridgehead atoms. The summed E-state index contributed by atoms with van der Waals surface area (Å²) in [6.07, 6.45) is -2.69. The fraction of sp³-hybridized carbons (Fsp3) is 0.900. The molecule has 144 valence electrons. The Morgan fingerprint density at radius 3 is 2.08 bits per heavy atom. The van der Waals surface area contributed by atoms with Crippen LogP contribution in [0.25, 0.3) is 0 Å². The number of ether oxygens (including phenoxy) is 1. The van der Waals surface area contributed by atoms with E-state index in [1.165, 1.54) is 6.92 Å². The number of aliphatic hydroxyl groups excluding tert-OH is 2. The minimum absolute atomic E-state index is 0.595. The third kappa shape index (κ3) is 12.0. The summed E-state index contributed by atoms with van der Waals surface area (Å²) >= 11 is 0. The second-order valence-electron chi connectivity index (χ2n) is 4.84. The van der Waals surface area contributed by atoms with E-state index in [9.17, 15) is 18.8 Å². The number of aliphatic hydroxyl groups is 2. The van der Waals surface area contributed by atoms with E-state index < -0.39 is 66.1 Å². The molecular formula is C10H23NO11P2. The van der Waals surface area contributed by atoms with Crippen molar-refractivity contribution < 1.29 is 52.2 Å². The SMILES string of the molecule is C[C@@H](N)C(=O)OC(COP(C)(=O)O)COP(=O)(O)OCC(O)CO. The maximum absolute atomic E-state index is 11.6. The van der Waals surface area contributed by atoms with Crippen LogP contribution in [0.1, 0.15) is 6.92 Å². The Balaban J connectivity index is 4.64. The molecule has 5 atom stereocenters.